The topological polar surface area (TPSA) is 83.6 Å². The number of hydrogen-bond donors (Lipinski definition) is 2. The average molecular weight is 323 g/mol. The van der Waals surface area contributed by atoms with Crippen LogP contribution >= 0.6 is 0 Å². The molecule has 2 rings (SSSR count). The highest BCUT2D eigenvalue weighted by Gasteiger charge is 2.25. The fourth-order valence-corrected chi connectivity index (χ4v) is 2.22. The molecule has 23 heavy (non-hydrogen) atoms. The maximum absolute atomic E-state index is 12.4. The van der Waals surface area contributed by atoms with Crippen LogP contribution in [0.3, 0.4) is 0 Å². The SMILES string of the molecule is [2H]C([2H])([2H])NC(=O)C(NC(=O)C(C)C)c1cccc(N2CCOCC2)n1. The second-order valence-electron chi connectivity index (χ2n) is 5.61. The zero-order valence-corrected chi connectivity index (χ0v) is 13.3. The highest BCUT2D eigenvalue weighted by molar-refractivity contribution is 5.88. The van der Waals surface area contributed by atoms with Crippen LogP contribution < -0.4 is 15.5 Å². The molecule has 1 unspecified atom stereocenters. The molecule has 0 spiro atoms. The van der Waals surface area contributed by atoms with Crippen LogP contribution in [0.25, 0.3) is 0 Å². The first-order valence-corrected chi connectivity index (χ1v) is 7.59. The lowest BCUT2D eigenvalue weighted by atomic mass is 10.1. The minimum Gasteiger partial charge on any atom is -0.378 e. The molecular weight excluding hydrogens is 296 g/mol. The van der Waals surface area contributed by atoms with Crippen LogP contribution in [0.4, 0.5) is 5.82 Å². The van der Waals surface area contributed by atoms with Gasteiger partial charge in [0.25, 0.3) is 0 Å². The van der Waals surface area contributed by atoms with Crippen molar-refractivity contribution in [1.29, 1.82) is 0 Å². The molecule has 1 aliphatic heterocycles. The van der Waals surface area contributed by atoms with Crippen LogP contribution in [-0.4, -0.2) is 50.1 Å². The van der Waals surface area contributed by atoms with Crippen molar-refractivity contribution in [2.24, 2.45) is 5.92 Å². The number of nitrogens with zero attached hydrogens (tertiary/aromatic N) is 2. The molecule has 1 saturated heterocycles. The zero-order chi connectivity index (χ0) is 19.3. The van der Waals surface area contributed by atoms with E-state index in [0.717, 1.165) is 0 Å². The summed E-state index contributed by atoms with van der Waals surface area (Å²) in [4.78, 5) is 31.0. The van der Waals surface area contributed by atoms with Crippen LogP contribution in [0.5, 0.6) is 0 Å². The van der Waals surface area contributed by atoms with E-state index in [1.165, 1.54) is 0 Å². The van der Waals surface area contributed by atoms with Crippen molar-refractivity contribution in [3.8, 4) is 0 Å². The maximum Gasteiger partial charge on any atom is 0.248 e. The lowest BCUT2D eigenvalue weighted by Crippen LogP contribution is -2.41. The van der Waals surface area contributed by atoms with E-state index >= 15 is 0 Å². The highest BCUT2D eigenvalue weighted by atomic mass is 16.5. The minimum atomic E-state index is -2.65. The number of hydrogen-bond acceptors (Lipinski definition) is 5. The molecule has 7 heteroatoms. The number of ether oxygens (including phenoxy) is 1. The number of anilines is 1. The number of nitrogens with one attached hydrogen (secondary N) is 2. The van der Waals surface area contributed by atoms with Crippen molar-refractivity contribution in [2.75, 3.05) is 38.2 Å². The van der Waals surface area contributed by atoms with Gasteiger partial charge in [0.15, 0.2) is 6.04 Å². The van der Waals surface area contributed by atoms with E-state index in [1.807, 2.05) is 10.2 Å². The van der Waals surface area contributed by atoms with Gasteiger partial charge in [-0.3, -0.25) is 9.59 Å². The van der Waals surface area contributed by atoms with Gasteiger partial charge >= 0.3 is 0 Å². The van der Waals surface area contributed by atoms with E-state index in [1.54, 1.807) is 32.0 Å². The number of rotatable bonds is 5. The molecule has 0 saturated carbocycles. The summed E-state index contributed by atoms with van der Waals surface area (Å²) < 4.78 is 27.0. The Kier molecular flexibility index (Phi) is 4.58. The Balaban J connectivity index is 2.28. The predicted octanol–water partition coefficient (Wildman–Crippen LogP) is 0.477. The summed E-state index contributed by atoms with van der Waals surface area (Å²) in [7, 11) is 0. The molecule has 1 atom stereocenters. The highest BCUT2D eigenvalue weighted by Crippen LogP contribution is 2.18. The van der Waals surface area contributed by atoms with E-state index in [-0.39, 0.29) is 17.5 Å². The Morgan fingerprint density at radius 2 is 2.04 bits per heavy atom. The summed E-state index contributed by atoms with van der Waals surface area (Å²) in [5.41, 5.74) is 0.282. The lowest BCUT2D eigenvalue weighted by molar-refractivity contribution is -0.130. The monoisotopic (exact) mass is 323 g/mol. The van der Waals surface area contributed by atoms with E-state index in [2.05, 4.69) is 10.3 Å². The summed E-state index contributed by atoms with van der Waals surface area (Å²) >= 11 is 0. The van der Waals surface area contributed by atoms with Crippen molar-refractivity contribution in [1.82, 2.24) is 15.6 Å². The van der Waals surface area contributed by atoms with Crippen molar-refractivity contribution in [3.63, 3.8) is 0 Å². The van der Waals surface area contributed by atoms with Crippen molar-refractivity contribution in [2.45, 2.75) is 19.9 Å². The normalized spacial score (nSPS) is 18.6. The minimum absolute atomic E-state index is 0.282. The summed E-state index contributed by atoms with van der Waals surface area (Å²) in [5, 5.41) is 4.51. The summed E-state index contributed by atoms with van der Waals surface area (Å²) in [6, 6.07) is 3.93. The molecule has 2 heterocycles. The van der Waals surface area contributed by atoms with Gasteiger partial charge in [0.2, 0.25) is 11.8 Å². The van der Waals surface area contributed by atoms with E-state index in [9.17, 15) is 9.59 Å². The third-order valence-corrected chi connectivity index (χ3v) is 3.58. The number of aromatic nitrogens is 1. The molecule has 0 radical (unpaired) electrons. The van der Waals surface area contributed by atoms with Crippen molar-refractivity contribution in [3.05, 3.63) is 23.9 Å². The first kappa shape index (κ1) is 13.3. The molecule has 0 bridgehead atoms. The Labute approximate surface area is 140 Å². The second-order valence-corrected chi connectivity index (χ2v) is 5.61. The summed E-state index contributed by atoms with van der Waals surface area (Å²) in [6.07, 6.45) is 0. The van der Waals surface area contributed by atoms with E-state index in [0.29, 0.717) is 32.1 Å². The van der Waals surface area contributed by atoms with Gasteiger partial charge < -0.3 is 20.3 Å². The second kappa shape index (κ2) is 7.92. The molecule has 0 aliphatic carbocycles. The van der Waals surface area contributed by atoms with E-state index < -0.39 is 18.9 Å². The molecule has 1 fully saturated rings. The molecule has 126 valence electrons. The molecule has 0 aromatic carbocycles. The lowest BCUT2D eigenvalue weighted by Gasteiger charge is -2.28. The van der Waals surface area contributed by atoms with Gasteiger partial charge in [0, 0.05) is 30.1 Å². The zero-order valence-electron chi connectivity index (χ0n) is 16.3. The fraction of sp³-hybridized carbons (Fsp3) is 0.562. The average Bonchev–Trinajstić information content (AvgIpc) is 2.58. The standard InChI is InChI=1S/C16H24N4O3/c1-11(2)15(21)19-14(16(22)17-3)12-5-4-6-13(18-12)20-7-9-23-10-8-20/h4-6,11,14H,7-10H2,1-3H3,(H,17,22)(H,19,21)/i3D3. The molecule has 1 aliphatic rings. The first-order chi connectivity index (χ1) is 12.2. The Morgan fingerprint density at radius 1 is 1.30 bits per heavy atom. The summed E-state index contributed by atoms with van der Waals surface area (Å²) in [5.74, 6) is -0.906. The number of pyridine rings is 1. The number of carbonyl (C=O) groups excluding carboxylic acids is 2. The first-order valence-electron chi connectivity index (χ1n) is 9.09. The van der Waals surface area contributed by atoms with Crippen LogP contribution in [0.1, 0.15) is 29.7 Å². The maximum atomic E-state index is 12.4. The number of amides is 2. The van der Waals surface area contributed by atoms with Crippen LogP contribution in [-0.2, 0) is 14.3 Å². The van der Waals surface area contributed by atoms with Crippen LogP contribution in [0.2, 0.25) is 0 Å². The van der Waals surface area contributed by atoms with Gasteiger partial charge in [0.05, 0.1) is 18.9 Å². The van der Waals surface area contributed by atoms with Crippen molar-refractivity contribution < 1.29 is 18.4 Å². The number of morpholine rings is 1. The van der Waals surface area contributed by atoms with Crippen molar-refractivity contribution >= 4 is 17.6 Å². The largest absolute Gasteiger partial charge is 0.378 e. The molecule has 1 aromatic rings. The van der Waals surface area contributed by atoms with Gasteiger partial charge in [-0.15, -0.1) is 0 Å². The predicted molar refractivity (Wildman–Crippen MR) is 87.1 cm³/mol. The van der Waals surface area contributed by atoms with Gasteiger partial charge in [-0.1, -0.05) is 19.9 Å². The van der Waals surface area contributed by atoms with Gasteiger partial charge in [-0.2, -0.15) is 0 Å². The van der Waals surface area contributed by atoms with Gasteiger partial charge in [-0.25, -0.2) is 4.98 Å². The third-order valence-electron chi connectivity index (χ3n) is 3.58. The Bertz CT molecular complexity index is 646. The van der Waals surface area contributed by atoms with Crippen LogP contribution in [0.15, 0.2) is 18.2 Å². The smallest absolute Gasteiger partial charge is 0.248 e. The molecule has 7 nitrogen and oxygen atoms in total. The fourth-order valence-electron chi connectivity index (χ4n) is 2.22. The summed E-state index contributed by atoms with van der Waals surface area (Å²) in [6.45, 7) is 3.22. The van der Waals surface area contributed by atoms with Gasteiger partial charge in [-0.05, 0) is 12.1 Å². The molecule has 2 N–H and O–H groups in total. The Morgan fingerprint density at radius 3 is 2.70 bits per heavy atom. The van der Waals surface area contributed by atoms with Gasteiger partial charge in [0.1, 0.15) is 5.82 Å². The molecule has 1 aromatic heterocycles. The van der Waals surface area contributed by atoms with Crippen LogP contribution in [0, 0.1) is 5.92 Å². The quantitative estimate of drug-likeness (QED) is 0.823. The number of carbonyl (C=O) groups is 2. The number of likely N-dealkylation sites (N-methyl/N-ethyl adjacent to an activating group) is 1. The molecular formula is C16H24N4O3. The molecule has 2 amide bonds. The third kappa shape index (κ3) is 4.41. The van der Waals surface area contributed by atoms with E-state index in [4.69, 9.17) is 8.85 Å². The Hall–Kier alpha value is -2.15.